The van der Waals surface area contributed by atoms with Crippen LogP contribution in [0.2, 0.25) is 0 Å². The smallest absolute Gasteiger partial charge is 0.136 e. The normalized spacial score (nSPS) is 13.5. The SMILES string of the molecule is [2H]c1c([2H])c([2H])c2c(oc3c([2H])c([2H])c([2H])c(-c4ccc(N(c5ccc(-c6ccccc6)cc5)c5ccc(-c6ccccc6)c6c5sc5ccccc56)cc4)c32)c1[2H]. The maximum atomic E-state index is 9.07. The standard InChI is InChI=1S/C48H31NOS/c1-3-12-32(13-4-1)33-22-26-36(27-23-33)49(37-28-24-35(25-29-37)38-18-11-20-44-46(38)40-16-7-9-19-43(40)50-44)42-31-30-39(34-14-5-2-6-15-34)47-41-17-8-10-21-45(41)51-48(42)47/h1-31H/i7D,9D,11D,16D,18D,19D,20D. The minimum Gasteiger partial charge on any atom is -0.456 e. The molecule has 0 fully saturated rings. The van der Waals surface area contributed by atoms with Crippen LogP contribution >= 0.6 is 11.3 Å². The number of hydrogen-bond acceptors (Lipinski definition) is 3. The monoisotopic (exact) mass is 676 g/mol. The topological polar surface area (TPSA) is 16.4 Å². The van der Waals surface area contributed by atoms with E-state index in [4.69, 9.17) is 14.0 Å². The Balaban J connectivity index is 1.20. The van der Waals surface area contributed by atoms with Gasteiger partial charge in [0.25, 0.3) is 0 Å². The van der Waals surface area contributed by atoms with Crippen molar-refractivity contribution in [2.24, 2.45) is 0 Å². The van der Waals surface area contributed by atoms with Gasteiger partial charge >= 0.3 is 0 Å². The van der Waals surface area contributed by atoms with Gasteiger partial charge in [-0.15, -0.1) is 11.3 Å². The summed E-state index contributed by atoms with van der Waals surface area (Å²) in [6.45, 7) is 0. The first-order valence-electron chi connectivity index (χ1n) is 20.2. The third-order valence-corrected chi connectivity index (χ3v) is 10.6. The quantitative estimate of drug-likeness (QED) is 0.174. The first-order valence-corrected chi connectivity index (χ1v) is 17.5. The van der Waals surface area contributed by atoms with Crippen LogP contribution in [0.25, 0.3) is 75.5 Å². The lowest BCUT2D eigenvalue weighted by molar-refractivity contribution is 0.669. The summed E-state index contributed by atoms with van der Waals surface area (Å²) in [7, 11) is 0. The average Bonchev–Trinajstić information content (AvgIpc) is 3.86. The molecule has 2 nitrogen and oxygen atoms in total. The fourth-order valence-electron chi connectivity index (χ4n) is 7.06. The second kappa shape index (κ2) is 12.2. The maximum absolute atomic E-state index is 9.07. The molecule has 0 aliphatic carbocycles. The molecule has 2 heterocycles. The molecule has 0 aliphatic rings. The summed E-state index contributed by atoms with van der Waals surface area (Å²) in [4.78, 5) is 2.23. The van der Waals surface area contributed by atoms with Gasteiger partial charge in [-0.2, -0.15) is 0 Å². The number of fused-ring (bicyclic) bond motifs is 6. The Morgan fingerprint density at radius 2 is 1.06 bits per heavy atom. The van der Waals surface area contributed by atoms with Gasteiger partial charge in [-0.25, -0.2) is 0 Å². The van der Waals surface area contributed by atoms with Gasteiger partial charge in [-0.1, -0.05) is 139 Å². The van der Waals surface area contributed by atoms with Crippen molar-refractivity contribution in [1.29, 1.82) is 0 Å². The Labute approximate surface area is 309 Å². The van der Waals surface area contributed by atoms with Crippen molar-refractivity contribution in [3.8, 4) is 33.4 Å². The molecule has 3 heteroatoms. The van der Waals surface area contributed by atoms with Crippen LogP contribution in [-0.2, 0) is 0 Å². The van der Waals surface area contributed by atoms with Crippen LogP contribution in [0.5, 0.6) is 0 Å². The van der Waals surface area contributed by atoms with E-state index < -0.39 is 12.1 Å². The molecule has 240 valence electrons. The molecule has 0 aliphatic heterocycles. The van der Waals surface area contributed by atoms with Crippen LogP contribution < -0.4 is 4.90 Å². The fraction of sp³-hybridized carbons (Fsp3) is 0. The largest absolute Gasteiger partial charge is 0.456 e. The molecule has 0 radical (unpaired) electrons. The molecule has 51 heavy (non-hydrogen) atoms. The molecule has 10 aromatic rings. The van der Waals surface area contributed by atoms with Gasteiger partial charge in [-0.05, 0) is 81.9 Å². The summed E-state index contributed by atoms with van der Waals surface area (Å²) in [5.41, 5.74) is 7.92. The van der Waals surface area contributed by atoms with Crippen molar-refractivity contribution >= 4 is 70.5 Å². The minimum atomic E-state index is -0.451. The summed E-state index contributed by atoms with van der Waals surface area (Å²) in [5.74, 6) is 0. The molecule has 0 unspecified atom stereocenters. The highest BCUT2D eigenvalue weighted by Gasteiger charge is 2.21. The second-order valence-electron chi connectivity index (χ2n) is 12.4. The molecular formula is C48H31NOS. The van der Waals surface area contributed by atoms with E-state index in [2.05, 4.69) is 102 Å². The molecule has 8 aromatic carbocycles. The Bertz CT molecular complexity index is 3240. The molecule has 0 amide bonds. The summed E-state index contributed by atoms with van der Waals surface area (Å²) < 4.78 is 68.6. The third-order valence-electron chi connectivity index (χ3n) is 9.43. The van der Waals surface area contributed by atoms with Gasteiger partial charge < -0.3 is 9.32 Å². The highest BCUT2D eigenvalue weighted by atomic mass is 32.1. The van der Waals surface area contributed by atoms with E-state index in [1.165, 1.54) is 15.5 Å². The Morgan fingerprint density at radius 1 is 0.451 bits per heavy atom. The molecular weight excluding hydrogens is 639 g/mol. The fourth-order valence-corrected chi connectivity index (χ4v) is 8.30. The Kier molecular flexibility index (Phi) is 5.50. The number of rotatable bonds is 6. The Morgan fingerprint density at radius 3 is 1.82 bits per heavy atom. The minimum absolute atomic E-state index is 0.0483. The van der Waals surface area contributed by atoms with Crippen molar-refractivity contribution < 1.29 is 14.0 Å². The number of para-hydroxylation sites is 1. The van der Waals surface area contributed by atoms with E-state index in [0.717, 1.165) is 44.0 Å². The number of benzene rings is 8. The van der Waals surface area contributed by atoms with E-state index in [9.17, 15) is 0 Å². The van der Waals surface area contributed by atoms with Crippen molar-refractivity contribution in [3.05, 3.63) is 188 Å². The average molecular weight is 677 g/mol. The first kappa shape index (κ1) is 23.1. The number of anilines is 3. The summed E-state index contributed by atoms with van der Waals surface area (Å²) in [5, 5.41) is 2.66. The van der Waals surface area contributed by atoms with Gasteiger partial charge in [0.2, 0.25) is 0 Å². The van der Waals surface area contributed by atoms with E-state index in [-0.39, 0.29) is 57.7 Å². The molecule has 0 bridgehead atoms. The molecule has 10 rings (SSSR count). The first-order chi connectivity index (χ1) is 28.2. The van der Waals surface area contributed by atoms with Crippen LogP contribution in [-0.4, -0.2) is 0 Å². The van der Waals surface area contributed by atoms with Gasteiger partial charge in [-0.3, -0.25) is 0 Å². The lowest BCUT2D eigenvalue weighted by Gasteiger charge is -2.27. The molecule has 0 spiro atoms. The highest BCUT2D eigenvalue weighted by molar-refractivity contribution is 7.26. The lowest BCUT2D eigenvalue weighted by atomic mass is 9.97. The second-order valence-corrected chi connectivity index (χ2v) is 13.4. The lowest BCUT2D eigenvalue weighted by Crippen LogP contribution is -2.10. The summed E-state index contributed by atoms with van der Waals surface area (Å²) in [6.07, 6.45) is 0. The molecule has 2 aromatic heterocycles. The van der Waals surface area contributed by atoms with Crippen molar-refractivity contribution in [2.75, 3.05) is 4.90 Å². The van der Waals surface area contributed by atoms with E-state index >= 15 is 0 Å². The predicted octanol–water partition coefficient (Wildman–Crippen LogP) is 14.4. The van der Waals surface area contributed by atoms with Gasteiger partial charge in [0.05, 0.1) is 20.0 Å². The van der Waals surface area contributed by atoms with Crippen molar-refractivity contribution in [2.45, 2.75) is 0 Å². The van der Waals surface area contributed by atoms with Crippen molar-refractivity contribution in [1.82, 2.24) is 0 Å². The third kappa shape index (κ3) is 5.01. The van der Waals surface area contributed by atoms with Gasteiger partial charge in [0, 0.05) is 37.6 Å². The van der Waals surface area contributed by atoms with Gasteiger partial charge in [0.15, 0.2) is 0 Å². The van der Waals surface area contributed by atoms with Gasteiger partial charge in [0.1, 0.15) is 11.2 Å². The number of thiophene rings is 1. The molecule has 0 saturated heterocycles. The van der Waals surface area contributed by atoms with Crippen molar-refractivity contribution in [3.63, 3.8) is 0 Å². The van der Waals surface area contributed by atoms with E-state index in [1.54, 1.807) is 11.3 Å². The summed E-state index contributed by atoms with van der Waals surface area (Å²) in [6, 6.07) is 47.2. The number of nitrogens with zero attached hydrogens (tertiary/aromatic N) is 1. The van der Waals surface area contributed by atoms with Crippen LogP contribution in [0.3, 0.4) is 0 Å². The predicted molar refractivity (Wildman–Crippen MR) is 218 cm³/mol. The van der Waals surface area contributed by atoms with Crippen LogP contribution in [0.1, 0.15) is 9.60 Å². The zero-order chi connectivity index (χ0) is 39.8. The van der Waals surface area contributed by atoms with Crippen LogP contribution in [0.4, 0.5) is 17.1 Å². The highest BCUT2D eigenvalue weighted by Crippen LogP contribution is 2.48. The van der Waals surface area contributed by atoms with E-state index in [1.807, 2.05) is 48.5 Å². The van der Waals surface area contributed by atoms with Crippen LogP contribution in [0.15, 0.2) is 192 Å². The Hall–Kier alpha value is -6.42. The number of furan rings is 1. The zero-order valence-corrected chi connectivity index (χ0v) is 27.9. The number of hydrogen-bond donors (Lipinski definition) is 0. The summed E-state index contributed by atoms with van der Waals surface area (Å²) >= 11 is 1.75. The molecule has 0 N–H and O–H groups in total. The van der Waals surface area contributed by atoms with E-state index in [0.29, 0.717) is 5.56 Å². The zero-order valence-electron chi connectivity index (χ0n) is 34.1. The molecule has 0 atom stereocenters. The maximum Gasteiger partial charge on any atom is 0.136 e. The molecule has 0 saturated carbocycles. The van der Waals surface area contributed by atoms with Crippen LogP contribution in [0, 0.1) is 0 Å².